The van der Waals surface area contributed by atoms with Crippen LogP contribution in [0, 0.1) is 6.92 Å². The smallest absolute Gasteiger partial charge is 0.227 e. The van der Waals surface area contributed by atoms with Crippen molar-refractivity contribution in [1.82, 2.24) is 15.0 Å². The molecular formula is C21H23N3O2. The Balaban J connectivity index is 1.49. The number of benzene rings is 2. The molecule has 0 saturated heterocycles. The predicted octanol–water partition coefficient (Wildman–Crippen LogP) is 3.56. The third-order valence-corrected chi connectivity index (χ3v) is 4.23. The average molecular weight is 349 g/mol. The third-order valence-electron chi connectivity index (χ3n) is 4.23. The van der Waals surface area contributed by atoms with Crippen molar-refractivity contribution in [3.05, 3.63) is 83.0 Å². The Morgan fingerprint density at radius 3 is 2.50 bits per heavy atom. The van der Waals surface area contributed by atoms with E-state index in [2.05, 4.69) is 29.2 Å². The first-order chi connectivity index (χ1) is 12.6. The molecule has 134 valence electrons. The van der Waals surface area contributed by atoms with Crippen LogP contribution in [0.15, 0.2) is 59.1 Å². The Morgan fingerprint density at radius 2 is 1.77 bits per heavy atom. The van der Waals surface area contributed by atoms with Crippen molar-refractivity contribution in [1.29, 1.82) is 0 Å². The molecule has 5 heteroatoms. The molecule has 1 aromatic heterocycles. The van der Waals surface area contributed by atoms with Gasteiger partial charge in [0.1, 0.15) is 0 Å². The van der Waals surface area contributed by atoms with E-state index in [0.717, 1.165) is 11.1 Å². The van der Waals surface area contributed by atoms with E-state index in [0.29, 0.717) is 37.5 Å². The van der Waals surface area contributed by atoms with Gasteiger partial charge in [-0.3, -0.25) is 4.79 Å². The molecule has 0 spiro atoms. The monoisotopic (exact) mass is 349 g/mol. The van der Waals surface area contributed by atoms with Crippen LogP contribution in [-0.2, 0) is 24.2 Å². The molecule has 0 N–H and O–H groups in total. The van der Waals surface area contributed by atoms with Gasteiger partial charge in [-0.2, -0.15) is 4.98 Å². The average Bonchev–Trinajstić information content (AvgIpc) is 3.09. The second-order valence-electron chi connectivity index (χ2n) is 6.50. The van der Waals surface area contributed by atoms with E-state index in [-0.39, 0.29) is 5.91 Å². The van der Waals surface area contributed by atoms with Crippen molar-refractivity contribution in [2.45, 2.75) is 32.7 Å². The van der Waals surface area contributed by atoms with E-state index in [1.807, 2.05) is 49.5 Å². The van der Waals surface area contributed by atoms with Gasteiger partial charge in [0.05, 0.1) is 0 Å². The number of hydrogen-bond acceptors (Lipinski definition) is 4. The summed E-state index contributed by atoms with van der Waals surface area (Å²) in [6, 6.07) is 18.2. The molecule has 0 bridgehead atoms. The van der Waals surface area contributed by atoms with Crippen LogP contribution < -0.4 is 0 Å². The fraction of sp³-hybridized carbons (Fsp3) is 0.286. The fourth-order valence-electron chi connectivity index (χ4n) is 2.70. The lowest BCUT2D eigenvalue weighted by Gasteiger charge is -2.17. The zero-order valence-electron chi connectivity index (χ0n) is 15.2. The van der Waals surface area contributed by atoms with E-state index in [1.165, 1.54) is 5.56 Å². The van der Waals surface area contributed by atoms with Crippen LogP contribution in [0.3, 0.4) is 0 Å². The molecule has 5 nitrogen and oxygen atoms in total. The second-order valence-corrected chi connectivity index (χ2v) is 6.50. The summed E-state index contributed by atoms with van der Waals surface area (Å²) in [7, 11) is 1.82. The lowest BCUT2D eigenvalue weighted by molar-refractivity contribution is -0.130. The van der Waals surface area contributed by atoms with Gasteiger partial charge < -0.3 is 9.42 Å². The SMILES string of the molecule is Cc1ccc(CN(C)C(=O)CCc2nc(Cc3ccccc3)no2)cc1. The van der Waals surface area contributed by atoms with Crippen molar-refractivity contribution >= 4 is 5.91 Å². The lowest BCUT2D eigenvalue weighted by Crippen LogP contribution is -2.26. The predicted molar refractivity (Wildman–Crippen MR) is 99.5 cm³/mol. The Bertz CT molecular complexity index is 841. The molecule has 0 saturated carbocycles. The fourth-order valence-corrected chi connectivity index (χ4v) is 2.70. The van der Waals surface area contributed by atoms with Crippen molar-refractivity contribution in [3.63, 3.8) is 0 Å². The molecular weight excluding hydrogens is 326 g/mol. The van der Waals surface area contributed by atoms with Crippen LogP contribution in [0.2, 0.25) is 0 Å². The van der Waals surface area contributed by atoms with Gasteiger partial charge >= 0.3 is 0 Å². The number of carbonyl (C=O) groups excluding carboxylic acids is 1. The van der Waals surface area contributed by atoms with Gasteiger partial charge in [-0.05, 0) is 18.1 Å². The first kappa shape index (κ1) is 17.9. The van der Waals surface area contributed by atoms with E-state index in [4.69, 9.17) is 4.52 Å². The zero-order valence-corrected chi connectivity index (χ0v) is 15.2. The maximum absolute atomic E-state index is 12.3. The second kappa shape index (κ2) is 8.43. The highest BCUT2D eigenvalue weighted by Crippen LogP contribution is 2.10. The van der Waals surface area contributed by atoms with E-state index < -0.39 is 0 Å². The van der Waals surface area contributed by atoms with Crippen molar-refractivity contribution < 1.29 is 9.32 Å². The molecule has 2 aromatic carbocycles. The summed E-state index contributed by atoms with van der Waals surface area (Å²) in [5, 5.41) is 4.00. The van der Waals surface area contributed by atoms with Crippen LogP contribution >= 0.6 is 0 Å². The van der Waals surface area contributed by atoms with Gasteiger partial charge in [0.2, 0.25) is 11.8 Å². The third kappa shape index (κ3) is 5.02. The molecule has 0 aliphatic rings. The lowest BCUT2D eigenvalue weighted by atomic mass is 10.1. The maximum Gasteiger partial charge on any atom is 0.227 e. The van der Waals surface area contributed by atoms with Crippen LogP contribution in [0.25, 0.3) is 0 Å². The number of aromatic nitrogens is 2. The number of hydrogen-bond donors (Lipinski definition) is 0. The van der Waals surface area contributed by atoms with Gasteiger partial charge in [0.25, 0.3) is 0 Å². The van der Waals surface area contributed by atoms with Crippen molar-refractivity contribution in [3.8, 4) is 0 Å². The molecule has 0 aliphatic carbocycles. The summed E-state index contributed by atoms with van der Waals surface area (Å²) in [6.45, 7) is 2.65. The summed E-state index contributed by atoms with van der Waals surface area (Å²) in [5.74, 6) is 1.22. The van der Waals surface area contributed by atoms with Gasteiger partial charge in [-0.1, -0.05) is 65.3 Å². The molecule has 1 amide bonds. The summed E-state index contributed by atoms with van der Waals surface area (Å²) in [4.78, 5) is 18.4. The van der Waals surface area contributed by atoms with Crippen LogP contribution in [-0.4, -0.2) is 28.0 Å². The highest BCUT2D eigenvalue weighted by Gasteiger charge is 2.13. The largest absolute Gasteiger partial charge is 0.341 e. The number of nitrogens with zero attached hydrogens (tertiary/aromatic N) is 3. The Morgan fingerprint density at radius 1 is 1.04 bits per heavy atom. The Labute approximate surface area is 153 Å². The highest BCUT2D eigenvalue weighted by atomic mass is 16.5. The molecule has 26 heavy (non-hydrogen) atoms. The van der Waals surface area contributed by atoms with Gasteiger partial charge in [-0.25, -0.2) is 0 Å². The number of aryl methyl sites for hydroxylation is 2. The molecule has 3 rings (SSSR count). The van der Waals surface area contributed by atoms with Gasteiger partial charge in [0, 0.05) is 32.9 Å². The Kier molecular flexibility index (Phi) is 5.79. The molecule has 0 radical (unpaired) electrons. The minimum Gasteiger partial charge on any atom is -0.341 e. The number of amides is 1. The highest BCUT2D eigenvalue weighted by molar-refractivity contribution is 5.76. The molecule has 1 heterocycles. The normalized spacial score (nSPS) is 10.7. The summed E-state index contributed by atoms with van der Waals surface area (Å²) < 4.78 is 5.27. The van der Waals surface area contributed by atoms with Crippen molar-refractivity contribution in [2.24, 2.45) is 0 Å². The first-order valence-electron chi connectivity index (χ1n) is 8.75. The molecule has 0 fully saturated rings. The van der Waals surface area contributed by atoms with Gasteiger partial charge in [0.15, 0.2) is 5.82 Å². The maximum atomic E-state index is 12.3. The summed E-state index contributed by atoms with van der Waals surface area (Å²) in [5.41, 5.74) is 3.47. The van der Waals surface area contributed by atoms with Crippen LogP contribution in [0.4, 0.5) is 0 Å². The van der Waals surface area contributed by atoms with E-state index in [1.54, 1.807) is 4.90 Å². The molecule has 3 aromatic rings. The number of rotatable bonds is 7. The first-order valence-corrected chi connectivity index (χ1v) is 8.75. The topological polar surface area (TPSA) is 59.2 Å². The van der Waals surface area contributed by atoms with Crippen LogP contribution in [0.1, 0.15) is 34.8 Å². The molecule has 0 unspecified atom stereocenters. The van der Waals surface area contributed by atoms with Crippen molar-refractivity contribution in [2.75, 3.05) is 7.05 Å². The van der Waals surface area contributed by atoms with E-state index >= 15 is 0 Å². The van der Waals surface area contributed by atoms with Gasteiger partial charge in [-0.15, -0.1) is 0 Å². The van der Waals surface area contributed by atoms with E-state index in [9.17, 15) is 4.79 Å². The standard InChI is InChI=1S/C21H23N3O2/c1-16-8-10-18(11-9-16)15-24(2)21(25)13-12-20-22-19(23-26-20)14-17-6-4-3-5-7-17/h3-11H,12-15H2,1-2H3. The Hall–Kier alpha value is -2.95. The quantitative estimate of drug-likeness (QED) is 0.654. The summed E-state index contributed by atoms with van der Waals surface area (Å²) >= 11 is 0. The van der Waals surface area contributed by atoms with Crippen LogP contribution in [0.5, 0.6) is 0 Å². The molecule has 0 atom stereocenters. The zero-order chi connectivity index (χ0) is 18.4. The minimum atomic E-state index is 0.0633. The molecule has 0 aliphatic heterocycles. The summed E-state index contributed by atoms with van der Waals surface area (Å²) in [6.07, 6.45) is 1.44. The number of carbonyl (C=O) groups is 1. The minimum absolute atomic E-state index is 0.0633.